The van der Waals surface area contributed by atoms with Gasteiger partial charge >= 0.3 is 0 Å². The molecule has 0 radical (unpaired) electrons. The maximum atomic E-state index is 5.83. The Kier molecular flexibility index (Phi) is 3.85. The molecule has 0 aliphatic carbocycles. The van der Waals surface area contributed by atoms with E-state index in [0.29, 0.717) is 18.3 Å². The summed E-state index contributed by atoms with van der Waals surface area (Å²) >= 11 is 0. The van der Waals surface area contributed by atoms with Gasteiger partial charge in [-0.25, -0.2) is 4.98 Å². The SMILES string of the molecule is COc1cc(Oc2ccc(N3CNc4ccncc43)cn2)ccc1C. The molecule has 25 heavy (non-hydrogen) atoms. The van der Waals surface area contributed by atoms with Crippen molar-refractivity contribution in [3.05, 3.63) is 60.6 Å². The zero-order valence-electron chi connectivity index (χ0n) is 14.1. The predicted octanol–water partition coefficient (Wildman–Crippen LogP) is 4.11. The Morgan fingerprint density at radius 2 is 2.04 bits per heavy atom. The smallest absolute Gasteiger partial charge is 0.219 e. The van der Waals surface area contributed by atoms with Gasteiger partial charge in [-0.05, 0) is 30.7 Å². The van der Waals surface area contributed by atoms with Crippen molar-refractivity contribution in [2.45, 2.75) is 6.92 Å². The standard InChI is InChI=1S/C19H18N4O2/c1-13-3-5-15(9-18(13)24-2)25-19-6-4-14(10-21-19)23-12-22-16-7-8-20-11-17(16)23/h3-11,22H,12H2,1-2H3. The fourth-order valence-electron chi connectivity index (χ4n) is 2.81. The van der Waals surface area contributed by atoms with Crippen LogP contribution in [0.5, 0.6) is 17.4 Å². The summed E-state index contributed by atoms with van der Waals surface area (Å²) in [4.78, 5) is 10.7. The molecular formula is C19H18N4O2. The Labute approximate surface area is 146 Å². The van der Waals surface area contributed by atoms with Crippen molar-refractivity contribution >= 4 is 17.1 Å². The van der Waals surface area contributed by atoms with Gasteiger partial charge in [0.1, 0.15) is 11.5 Å². The third-order valence-corrected chi connectivity index (χ3v) is 4.15. The van der Waals surface area contributed by atoms with Crippen LogP contribution in [0, 0.1) is 6.92 Å². The fraction of sp³-hybridized carbons (Fsp3) is 0.158. The van der Waals surface area contributed by atoms with Gasteiger partial charge in [-0.15, -0.1) is 0 Å². The molecule has 3 heterocycles. The van der Waals surface area contributed by atoms with Gasteiger partial charge < -0.3 is 19.7 Å². The molecule has 0 atom stereocenters. The van der Waals surface area contributed by atoms with Crippen LogP contribution in [0.15, 0.2) is 55.0 Å². The van der Waals surface area contributed by atoms with Crippen molar-refractivity contribution < 1.29 is 9.47 Å². The predicted molar refractivity (Wildman–Crippen MR) is 96.9 cm³/mol. The topological polar surface area (TPSA) is 59.5 Å². The van der Waals surface area contributed by atoms with Crippen molar-refractivity contribution in [1.29, 1.82) is 0 Å². The molecule has 4 rings (SSSR count). The van der Waals surface area contributed by atoms with E-state index in [1.807, 2.05) is 49.5 Å². The van der Waals surface area contributed by atoms with Crippen molar-refractivity contribution in [3.8, 4) is 17.4 Å². The summed E-state index contributed by atoms with van der Waals surface area (Å²) in [5, 5.41) is 3.33. The third kappa shape index (κ3) is 2.94. The Morgan fingerprint density at radius 1 is 1.12 bits per heavy atom. The first-order valence-corrected chi connectivity index (χ1v) is 7.98. The van der Waals surface area contributed by atoms with Gasteiger partial charge in [0.15, 0.2) is 0 Å². The number of fused-ring (bicyclic) bond motifs is 1. The van der Waals surface area contributed by atoms with Crippen LogP contribution in [-0.4, -0.2) is 23.7 Å². The highest BCUT2D eigenvalue weighted by Crippen LogP contribution is 2.36. The molecule has 6 heteroatoms. The number of anilines is 3. The molecule has 3 aromatic rings. The molecule has 0 saturated carbocycles. The molecule has 6 nitrogen and oxygen atoms in total. The number of nitrogens with one attached hydrogen (secondary N) is 1. The maximum Gasteiger partial charge on any atom is 0.219 e. The number of methoxy groups -OCH3 is 1. The maximum absolute atomic E-state index is 5.83. The zero-order valence-corrected chi connectivity index (χ0v) is 14.1. The highest BCUT2D eigenvalue weighted by molar-refractivity contribution is 5.79. The molecule has 1 aliphatic heterocycles. The van der Waals surface area contributed by atoms with Gasteiger partial charge in [0, 0.05) is 18.3 Å². The number of rotatable bonds is 4. The normalized spacial score (nSPS) is 12.5. The van der Waals surface area contributed by atoms with E-state index >= 15 is 0 Å². The number of aromatic nitrogens is 2. The monoisotopic (exact) mass is 334 g/mol. The Hall–Kier alpha value is -3.28. The first-order valence-electron chi connectivity index (χ1n) is 7.98. The second-order valence-corrected chi connectivity index (χ2v) is 5.74. The summed E-state index contributed by atoms with van der Waals surface area (Å²) < 4.78 is 11.1. The van der Waals surface area contributed by atoms with Gasteiger partial charge in [-0.3, -0.25) is 4.98 Å². The van der Waals surface area contributed by atoms with Crippen LogP contribution in [0.3, 0.4) is 0 Å². The highest BCUT2D eigenvalue weighted by atomic mass is 16.5. The number of hydrogen-bond donors (Lipinski definition) is 1. The average molecular weight is 334 g/mol. The van der Waals surface area contributed by atoms with Crippen LogP contribution in [0.25, 0.3) is 0 Å². The minimum absolute atomic E-state index is 0.535. The van der Waals surface area contributed by atoms with E-state index in [9.17, 15) is 0 Å². The number of benzene rings is 1. The molecule has 0 unspecified atom stereocenters. The fourth-order valence-corrected chi connectivity index (χ4v) is 2.81. The van der Waals surface area contributed by atoms with Crippen LogP contribution in [0.2, 0.25) is 0 Å². The van der Waals surface area contributed by atoms with Crippen LogP contribution in [0.4, 0.5) is 17.1 Å². The van der Waals surface area contributed by atoms with E-state index in [1.165, 1.54) is 0 Å². The number of aryl methyl sites for hydroxylation is 1. The van der Waals surface area contributed by atoms with Crippen LogP contribution < -0.4 is 19.7 Å². The lowest BCUT2D eigenvalue weighted by Gasteiger charge is -2.17. The van der Waals surface area contributed by atoms with Crippen LogP contribution in [0.1, 0.15) is 5.56 Å². The van der Waals surface area contributed by atoms with Gasteiger partial charge in [-0.2, -0.15) is 0 Å². The molecular weight excluding hydrogens is 316 g/mol. The Morgan fingerprint density at radius 3 is 2.84 bits per heavy atom. The van der Waals surface area contributed by atoms with Crippen molar-refractivity contribution in [1.82, 2.24) is 9.97 Å². The average Bonchev–Trinajstić information content (AvgIpc) is 3.08. The van der Waals surface area contributed by atoms with E-state index < -0.39 is 0 Å². The molecule has 1 N–H and O–H groups in total. The quantitative estimate of drug-likeness (QED) is 0.775. The minimum atomic E-state index is 0.535. The summed E-state index contributed by atoms with van der Waals surface area (Å²) in [7, 11) is 1.65. The van der Waals surface area contributed by atoms with Crippen LogP contribution in [-0.2, 0) is 0 Å². The van der Waals surface area contributed by atoms with E-state index in [1.54, 1.807) is 19.5 Å². The van der Waals surface area contributed by atoms with E-state index in [0.717, 1.165) is 28.4 Å². The Balaban J connectivity index is 1.53. The second kappa shape index (κ2) is 6.32. The molecule has 0 bridgehead atoms. The van der Waals surface area contributed by atoms with Gasteiger partial charge in [0.05, 0.1) is 43.2 Å². The highest BCUT2D eigenvalue weighted by Gasteiger charge is 2.20. The number of pyridine rings is 2. The van der Waals surface area contributed by atoms with E-state index in [4.69, 9.17) is 9.47 Å². The molecule has 0 amide bonds. The molecule has 2 aromatic heterocycles. The molecule has 126 valence electrons. The summed E-state index contributed by atoms with van der Waals surface area (Å²) in [6, 6.07) is 11.5. The summed E-state index contributed by atoms with van der Waals surface area (Å²) in [5.74, 6) is 2.02. The van der Waals surface area contributed by atoms with Crippen molar-refractivity contribution in [2.24, 2.45) is 0 Å². The van der Waals surface area contributed by atoms with E-state index in [2.05, 4.69) is 20.2 Å². The number of ether oxygens (including phenoxy) is 2. The number of nitrogens with zero attached hydrogens (tertiary/aromatic N) is 3. The lowest BCUT2D eigenvalue weighted by Crippen LogP contribution is -2.16. The number of hydrogen-bond acceptors (Lipinski definition) is 6. The summed E-state index contributed by atoms with van der Waals surface area (Å²) in [5.41, 5.74) is 4.16. The first kappa shape index (κ1) is 15.3. The van der Waals surface area contributed by atoms with Gasteiger partial charge in [0.2, 0.25) is 5.88 Å². The largest absolute Gasteiger partial charge is 0.496 e. The molecule has 0 fully saturated rings. The molecule has 1 aromatic carbocycles. The zero-order chi connectivity index (χ0) is 17.2. The lowest BCUT2D eigenvalue weighted by atomic mass is 10.2. The molecule has 0 saturated heterocycles. The third-order valence-electron chi connectivity index (χ3n) is 4.15. The van der Waals surface area contributed by atoms with E-state index in [-0.39, 0.29) is 0 Å². The molecule has 0 spiro atoms. The summed E-state index contributed by atoms with van der Waals surface area (Å²) in [6.07, 6.45) is 5.42. The molecule has 1 aliphatic rings. The Bertz CT molecular complexity index is 896. The minimum Gasteiger partial charge on any atom is -0.496 e. The second-order valence-electron chi connectivity index (χ2n) is 5.74. The van der Waals surface area contributed by atoms with Crippen molar-refractivity contribution in [3.63, 3.8) is 0 Å². The lowest BCUT2D eigenvalue weighted by molar-refractivity contribution is 0.404. The van der Waals surface area contributed by atoms with Gasteiger partial charge in [0.25, 0.3) is 0 Å². The first-order chi connectivity index (χ1) is 12.2. The van der Waals surface area contributed by atoms with Gasteiger partial charge in [-0.1, -0.05) is 6.07 Å². The van der Waals surface area contributed by atoms with Crippen LogP contribution >= 0.6 is 0 Å². The van der Waals surface area contributed by atoms with Crippen molar-refractivity contribution in [2.75, 3.05) is 24.0 Å². The summed E-state index contributed by atoms with van der Waals surface area (Å²) in [6.45, 7) is 2.69.